The third-order valence-electron chi connectivity index (χ3n) is 3.87. The lowest BCUT2D eigenvalue weighted by atomic mass is 9.78. The molecule has 96 valence electrons. The monoisotopic (exact) mass is 255 g/mol. The van der Waals surface area contributed by atoms with Gasteiger partial charge in [-0.15, -0.1) is 0 Å². The Morgan fingerprint density at radius 2 is 2.35 bits per heavy atom. The Hall–Kier alpha value is -0.550. The number of nitrogens with zero attached hydrogens (tertiary/aromatic N) is 1. The maximum absolute atomic E-state index is 10.7. The number of nitrogens with two attached hydrogens (primary N) is 1. The highest BCUT2D eigenvalue weighted by Gasteiger charge is 2.43. The fourth-order valence-electron chi connectivity index (χ4n) is 3.03. The molecule has 0 aromatic heterocycles. The quantitative estimate of drug-likeness (QED) is 0.593. The van der Waals surface area contributed by atoms with Gasteiger partial charge in [0.2, 0.25) is 0 Å². The molecule has 3 N–H and O–H groups in total. The van der Waals surface area contributed by atoms with E-state index in [0.29, 0.717) is 12.0 Å². The maximum Gasteiger partial charge on any atom is 0.154 e. The van der Waals surface area contributed by atoms with Crippen LogP contribution >= 0.6 is 11.9 Å². The lowest BCUT2D eigenvalue weighted by Crippen LogP contribution is -2.37. The molecule has 1 saturated carbocycles. The second-order valence-corrected chi connectivity index (χ2v) is 6.97. The Kier molecular flexibility index (Phi) is 3.50. The minimum atomic E-state index is -0.200. The van der Waals surface area contributed by atoms with Crippen LogP contribution in [0.2, 0.25) is 0 Å². The first-order valence-electron chi connectivity index (χ1n) is 6.13. The van der Waals surface area contributed by atoms with Gasteiger partial charge in [-0.1, -0.05) is 13.8 Å². The molecule has 0 bridgehead atoms. The zero-order valence-corrected chi connectivity index (χ0v) is 11.3. The normalized spacial score (nSPS) is 35.5. The fraction of sp³-hybridized carbons (Fsp3) is 0.833. The molecule has 0 aromatic rings. The summed E-state index contributed by atoms with van der Waals surface area (Å²) in [6.45, 7) is 5.31. The van der Waals surface area contributed by atoms with Crippen molar-refractivity contribution in [2.24, 2.45) is 21.0 Å². The standard InChI is InChI=1S/C12H21N3OS/c1-11(2)3-4-12(7-11,8-13)5-9-14-10(6-16)17-15-9/h6,10H,3-5,7-8,13H2,1-2H3,(H,14,15)/t10-,12?/m1/s1. The lowest BCUT2D eigenvalue weighted by Gasteiger charge is -2.29. The first kappa shape index (κ1) is 12.9. The van der Waals surface area contributed by atoms with E-state index in [9.17, 15) is 4.79 Å². The molecule has 0 radical (unpaired) electrons. The van der Waals surface area contributed by atoms with Gasteiger partial charge in [0, 0.05) is 18.4 Å². The van der Waals surface area contributed by atoms with Gasteiger partial charge in [-0.3, -0.25) is 0 Å². The maximum atomic E-state index is 10.7. The van der Waals surface area contributed by atoms with Crippen LogP contribution in [0.3, 0.4) is 0 Å². The Morgan fingerprint density at radius 1 is 1.59 bits per heavy atom. The molecule has 0 saturated heterocycles. The predicted molar refractivity (Wildman–Crippen MR) is 71.8 cm³/mol. The number of amidine groups is 1. The van der Waals surface area contributed by atoms with E-state index in [4.69, 9.17) is 5.73 Å². The zero-order chi connectivity index (χ0) is 12.5. The molecule has 0 spiro atoms. The Balaban J connectivity index is 2.00. The van der Waals surface area contributed by atoms with Crippen LogP contribution in [0.4, 0.5) is 0 Å². The number of carbonyl (C=O) groups is 1. The molecule has 0 aromatic carbocycles. The van der Waals surface area contributed by atoms with Gasteiger partial charge in [-0.05, 0) is 36.6 Å². The van der Waals surface area contributed by atoms with Gasteiger partial charge in [0.1, 0.15) is 5.84 Å². The van der Waals surface area contributed by atoms with E-state index in [1.165, 1.54) is 18.4 Å². The van der Waals surface area contributed by atoms with Gasteiger partial charge < -0.3 is 15.8 Å². The highest BCUT2D eigenvalue weighted by Crippen LogP contribution is 2.50. The van der Waals surface area contributed by atoms with Crippen LogP contribution in [0.5, 0.6) is 0 Å². The van der Waals surface area contributed by atoms with E-state index >= 15 is 0 Å². The molecule has 1 aliphatic heterocycles. The van der Waals surface area contributed by atoms with Gasteiger partial charge >= 0.3 is 0 Å². The second kappa shape index (κ2) is 4.61. The summed E-state index contributed by atoms with van der Waals surface area (Å²) in [6.07, 6.45) is 5.31. The van der Waals surface area contributed by atoms with E-state index in [2.05, 4.69) is 23.6 Å². The highest BCUT2D eigenvalue weighted by molar-refractivity contribution is 7.99. The van der Waals surface area contributed by atoms with E-state index in [0.717, 1.165) is 31.4 Å². The smallest absolute Gasteiger partial charge is 0.154 e. The first-order chi connectivity index (χ1) is 7.99. The minimum absolute atomic E-state index is 0.174. The molecular formula is C12H21N3OS. The fourth-order valence-corrected chi connectivity index (χ4v) is 3.62. The van der Waals surface area contributed by atoms with Crippen molar-refractivity contribution in [1.29, 1.82) is 0 Å². The molecule has 17 heavy (non-hydrogen) atoms. The summed E-state index contributed by atoms with van der Waals surface area (Å²) >= 11 is 1.31. The largest absolute Gasteiger partial charge is 0.354 e. The van der Waals surface area contributed by atoms with Gasteiger partial charge in [-0.25, -0.2) is 4.40 Å². The molecule has 2 atom stereocenters. The van der Waals surface area contributed by atoms with Crippen LogP contribution in [-0.4, -0.2) is 24.0 Å². The average molecular weight is 255 g/mol. The van der Waals surface area contributed by atoms with Crippen molar-refractivity contribution in [3.8, 4) is 0 Å². The Morgan fingerprint density at radius 3 is 2.82 bits per heavy atom. The van der Waals surface area contributed by atoms with Crippen molar-refractivity contribution < 1.29 is 4.79 Å². The molecule has 2 rings (SSSR count). The number of nitrogens with one attached hydrogen (secondary N) is 1. The highest BCUT2D eigenvalue weighted by atomic mass is 32.2. The van der Waals surface area contributed by atoms with Crippen molar-refractivity contribution in [2.75, 3.05) is 6.54 Å². The van der Waals surface area contributed by atoms with Crippen molar-refractivity contribution in [1.82, 2.24) is 5.32 Å². The summed E-state index contributed by atoms with van der Waals surface area (Å²) in [5.41, 5.74) is 6.53. The van der Waals surface area contributed by atoms with Crippen LogP contribution in [0, 0.1) is 10.8 Å². The van der Waals surface area contributed by atoms with Crippen LogP contribution in [0.25, 0.3) is 0 Å². The topological polar surface area (TPSA) is 67.5 Å². The van der Waals surface area contributed by atoms with Crippen molar-refractivity contribution >= 4 is 24.1 Å². The number of hydrogen-bond donors (Lipinski definition) is 2. The molecule has 2 aliphatic rings. The van der Waals surface area contributed by atoms with Crippen molar-refractivity contribution in [3.05, 3.63) is 0 Å². The molecule has 1 heterocycles. The SMILES string of the molecule is CC1(C)CCC(CN)(CC2=NS[C@H](C=O)N2)C1. The van der Waals surface area contributed by atoms with Crippen LogP contribution in [0.1, 0.15) is 39.5 Å². The van der Waals surface area contributed by atoms with Gasteiger partial charge in [0.05, 0.1) is 0 Å². The number of hydrogen-bond acceptors (Lipinski definition) is 5. The van der Waals surface area contributed by atoms with Crippen LogP contribution < -0.4 is 11.1 Å². The van der Waals surface area contributed by atoms with Crippen LogP contribution in [0.15, 0.2) is 4.40 Å². The summed E-state index contributed by atoms with van der Waals surface area (Å²) < 4.78 is 4.33. The van der Waals surface area contributed by atoms with E-state index in [1.807, 2.05) is 0 Å². The summed E-state index contributed by atoms with van der Waals surface area (Å²) in [7, 11) is 0. The number of aldehydes is 1. The molecule has 5 heteroatoms. The van der Waals surface area contributed by atoms with Gasteiger partial charge in [0.25, 0.3) is 0 Å². The lowest BCUT2D eigenvalue weighted by molar-refractivity contribution is -0.107. The molecule has 1 fully saturated rings. The zero-order valence-electron chi connectivity index (χ0n) is 10.5. The summed E-state index contributed by atoms with van der Waals surface area (Å²) in [4.78, 5) is 10.7. The third kappa shape index (κ3) is 2.83. The van der Waals surface area contributed by atoms with Gasteiger partial charge in [0.15, 0.2) is 11.7 Å². The van der Waals surface area contributed by atoms with E-state index < -0.39 is 0 Å². The second-order valence-electron chi connectivity index (χ2n) is 6.07. The Bertz CT molecular complexity index is 343. The summed E-state index contributed by atoms with van der Waals surface area (Å²) in [5.74, 6) is 0.940. The summed E-state index contributed by atoms with van der Waals surface area (Å²) in [6, 6.07) is 0. The van der Waals surface area contributed by atoms with E-state index in [-0.39, 0.29) is 10.8 Å². The average Bonchev–Trinajstić information content (AvgIpc) is 2.84. The minimum Gasteiger partial charge on any atom is -0.354 e. The molecule has 1 unspecified atom stereocenters. The van der Waals surface area contributed by atoms with Crippen molar-refractivity contribution in [2.45, 2.75) is 44.9 Å². The van der Waals surface area contributed by atoms with E-state index in [1.54, 1.807) is 0 Å². The third-order valence-corrected chi connectivity index (χ3v) is 4.65. The predicted octanol–water partition coefficient (Wildman–Crippen LogP) is 1.71. The molecular weight excluding hydrogens is 234 g/mol. The molecule has 1 aliphatic carbocycles. The van der Waals surface area contributed by atoms with Crippen molar-refractivity contribution in [3.63, 3.8) is 0 Å². The molecule has 0 amide bonds. The summed E-state index contributed by atoms with van der Waals surface area (Å²) in [5, 5.41) is 2.94. The number of rotatable bonds is 4. The molecule has 4 nitrogen and oxygen atoms in total. The first-order valence-corrected chi connectivity index (χ1v) is 6.97. The van der Waals surface area contributed by atoms with Gasteiger partial charge in [-0.2, -0.15) is 0 Å². The Labute approximate surface area is 107 Å². The number of carbonyl (C=O) groups excluding carboxylic acids is 1. The van der Waals surface area contributed by atoms with Crippen LogP contribution in [-0.2, 0) is 4.79 Å².